The Morgan fingerprint density at radius 3 is 3.09 bits per heavy atom. The summed E-state index contributed by atoms with van der Waals surface area (Å²) in [6.07, 6.45) is 1.38. The van der Waals surface area contributed by atoms with Crippen molar-refractivity contribution in [2.24, 2.45) is 0 Å². The number of urea groups is 1. The molecule has 8 heteroatoms. The van der Waals surface area contributed by atoms with Crippen LogP contribution in [-0.2, 0) is 11.3 Å². The van der Waals surface area contributed by atoms with E-state index in [0.717, 1.165) is 22.2 Å². The largest absolute Gasteiger partial charge is 0.448 e. The number of morpholine rings is 1. The van der Waals surface area contributed by atoms with Crippen LogP contribution >= 0.6 is 11.3 Å². The number of oxazole rings is 1. The molecule has 1 aliphatic rings. The lowest BCUT2D eigenvalue weighted by Gasteiger charge is -2.34. The lowest BCUT2D eigenvalue weighted by molar-refractivity contribution is 0.0114. The summed E-state index contributed by atoms with van der Waals surface area (Å²) in [5.41, 5.74) is 1.70. The average molecular weight is 322 g/mol. The van der Waals surface area contributed by atoms with Crippen LogP contribution in [0, 0.1) is 13.8 Å². The van der Waals surface area contributed by atoms with Gasteiger partial charge in [0, 0.05) is 17.6 Å². The van der Waals surface area contributed by atoms with Crippen LogP contribution in [0.3, 0.4) is 0 Å². The summed E-state index contributed by atoms with van der Waals surface area (Å²) in [6, 6.07) is -0.269. The molecule has 1 aliphatic heterocycles. The molecule has 0 spiro atoms. The van der Waals surface area contributed by atoms with Crippen LogP contribution < -0.4 is 5.32 Å². The molecular formula is C14H18N4O3S. The molecule has 0 bridgehead atoms. The second-order valence-electron chi connectivity index (χ2n) is 5.13. The number of amides is 2. The molecule has 2 aromatic heterocycles. The quantitative estimate of drug-likeness (QED) is 0.935. The number of nitrogens with zero attached hydrogens (tertiary/aromatic N) is 3. The van der Waals surface area contributed by atoms with E-state index in [0.29, 0.717) is 26.3 Å². The Hall–Kier alpha value is -1.93. The molecule has 1 unspecified atom stereocenters. The van der Waals surface area contributed by atoms with E-state index in [1.54, 1.807) is 16.2 Å². The minimum Gasteiger partial charge on any atom is -0.448 e. The molecule has 3 rings (SSSR count). The molecule has 3 heterocycles. The Kier molecular flexibility index (Phi) is 4.39. The third kappa shape index (κ3) is 3.12. The molecule has 0 aliphatic carbocycles. The predicted octanol–water partition coefficient (Wildman–Crippen LogP) is 2.03. The number of carbonyl (C=O) groups excluding carboxylic acids is 1. The van der Waals surface area contributed by atoms with Crippen LogP contribution in [0.4, 0.5) is 4.79 Å². The van der Waals surface area contributed by atoms with E-state index < -0.39 is 0 Å². The molecule has 1 atom stereocenters. The Labute approximate surface area is 132 Å². The van der Waals surface area contributed by atoms with Gasteiger partial charge in [-0.15, -0.1) is 11.3 Å². The zero-order chi connectivity index (χ0) is 15.5. The monoisotopic (exact) mass is 322 g/mol. The molecule has 1 fully saturated rings. The normalized spacial score (nSPS) is 18.5. The van der Waals surface area contributed by atoms with Crippen molar-refractivity contribution in [1.29, 1.82) is 0 Å². The molecule has 2 amide bonds. The third-order valence-corrected chi connectivity index (χ3v) is 4.63. The smallest absolute Gasteiger partial charge is 0.318 e. The molecule has 0 saturated carbocycles. The van der Waals surface area contributed by atoms with Crippen molar-refractivity contribution >= 4 is 17.4 Å². The fourth-order valence-electron chi connectivity index (χ4n) is 2.34. The summed E-state index contributed by atoms with van der Waals surface area (Å²) in [4.78, 5) is 22.8. The summed E-state index contributed by atoms with van der Waals surface area (Å²) in [6.45, 7) is 5.68. The van der Waals surface area contributed by atoms with E-state index in [-0.39, 0.29) is 12.1 Å². The van der Waals surface area contributed by atoms with Gasteiger partial charge in [0.1, 0.15) is 22.5 Å². The number of ether oxygens (including phenoxy) is 1. The molecule has 7 nitrogen and oxygen atoms in total. The first kappa shape index (κ1) is 15.0. The van der Waals surface area contributed by atoms with Gasteiger partial charge in [0.25, 0.3) is 0 Å². The Balaban J connectivity index is 1.67. The van der Waals surface area contributed by atoms with Crippen LogP contribution in [0.1, 0.15) is 28.2 Å². The number of rotatable bonds is 3. The lowest BCUT2D eigenvalue weighted by atomic mass is 10.2. The predicted molar refractivity (Wildman–Crippen MR) is 80.6 cm³/mol. The fourth-order valence-corrected chi connectivity index (χ4v) is 3.23. The van der Waals surface area contributed by atoms with Crippen LogP contribution in [0.15, 0.2) is 16.2 Å². The van der Waals surface area contributed by atoms with Crippen molar-refractivity contribution in [3.63, 3.8) is 0 Å². The average Bonchev–Trinajstić information content (AvgIpc) is 3.13. The molecule has 1 saturated heterocycles. The zero-order valence-corrected chi connectivity index (χ0v) is 13.4. The molecule has 0 aromatic carbocycles. The van der Waals surface area contributed by atoms with Gasteiger partial charge in [-0.2, -0.15) is 0 Å². The van der Waals surface area contributed by atoms with Crippen molar-refractivity contribution in [2.75, 3.05) is 19.8 Å². The van der Waals surface area contributed by atoms with Gasteiger partial charge in [-0.1, -0.05) is 0 Å². The number of nitrogens with one attached hydrogen (secondary N) is 1. The van der Waals surface area contributed by atoms with E-state index in [1.165, 1.54) is 6.39 Å². The number of aromatic nitrogens is 2. The van der Waals surface area contributed by atoms with Gasteiger partial charge in [-0.3, -0.25) is 0 Å². The summed E-state index contributed by atoms with van der Waals surface area (Å²) >= 11 is 1.56. The van der Waals surface area contributed by atoms with Crippen molar-refractivity contribution in [3.05, 3.63) is 33.9 Å². The molecule has 1 N–H and O–H groups in total. The molecule has 2 aromatic rings. The van der Waals surface area contributed by atoms with Gasteiger partial charge < -0.3 is 19.4 Å². The lowest BCUT2D eigenvalue weighted by Crippen LogP contribution is -2.48. The Bertz CT molecular complexity index is 654. The maximum Gasteiger partial charge on any atom is 0.318 e. The van der Waals surface area contributed by atoms with Crippen molar-refractivity contribution in [2.45, 2.75) is 26.4 Å². The van der Waals surface area contributed by atoms with Gasteiger partial charge in [-0.05, 0) is 13.8 Å². The van der Waals surface area contributed by atoms with Gasteiger partial charge in [0.05, 0.1) is 19.8 Å². The first-order valence-corrected chi connectivity index (χ1v) is 7.96. The summed E-state index contributed by atoms with van der Waals surface area (Å²) in [5.74, 6) is 0.717. The van der Waals surface area contributed by atoms with Gasteiger partial charge >= 0.3 is 6.03 Å². The van der Waals surface area contributed by atoms with E-state index in [4.69, 9.17) is 9.15 Å². The van der Waals surface area contributed by atoms with E-state index in [2.05, 4.69) is 15.3 Å². The number of hydrogen-bond donors (Lipinski definition) is 1. The maximum absolute atomic E-state index is 12.5. The van der Waals surface area contributed by atoms with Gasteiger partial charge in [0.2, 0.25) is 0 Å². The Morgan fingerprint density at radius 2 is 2.41 bits per heavy atom. The highest BCUT2D eigenvalue weighted by Crippen LogP contribution is 2.27. The fraction of sp³-hybridized carbons (Fsp3) is 0.500. The number of carbonyl (C=O) groups is 1. The number of thiazole rings is 1. The highest BCUT2D eigenvalue weighted by Gasteiger charge is 2.30. The van der Waals surface area contributed by atoms with Crippen molar-refractivity contribution < 1.29 is 13.9 Å². The first-order chi connectivity index (χ1) is 10.6. The van der Waals surface area contributed by atoms with Crippen LogP contribution in [0.2, 0.25) is 0 Å². The minimum atomic E-state index is -0.136. The molecule has 0 radical (unpaired) electrons. The topological polar surface area (TPSA) is 80.5 Å². The van der Waals surface area contributed by atoms with Crippen LogP contribution in [-0.4, -0.2) is 40.7 Å². The van der Waals surface area contributed by atoms with E-state index in [1.807, 2.05) is 19.2 Å². The first-order valence-electron chi connectivity index (χ1n) is 7.08. The van der Waals surface area contributed by atoms with E-state index in [9.17, 15) is 4.79 Å². The van der Waals surface area contributed by atoms with E-state index >= 15 is 0 Å². The SMILES string of the molecule is Cc1csc(C2COCCN2C(=O)NCc2ncoc2C)n1. The van der Waals surface area contributed by atoms with Gasteiger partial charge in [0.15, 0.2) is 6.39 Å². The number of aryl methyl sites for hydroxylation is 2. The Morgan fingerprint density at radius 1 is 1.55 bits per heavy atom. The minimum absolute atomic E-state index is 0.133. The molecule has 22 heavy (non-hydrogen) atoms. The summed E-state index contributed by atoms with van der Waals surface area (Å²) < 4.78 is 10.6. The van der Waals surface area contributed by atoms with Crippen LogP contribution in [0.25, 0.3) is 0 Å². The van der Waals surface area contributed by atoms with Crippen molar-refractivity contribution in [1.82, 2.24) is 20.2 Å². The summed E-state index contributed by atoms with van der Waals surface area (Å²) in [5, 5.41) is 5.78. The zero-order valence-electron chi connectivity index (χ0n) is 12.5. The standard InChI is InChI=1S/C14H18N4O3S/c1-9-7-22-13(17-9)12-6-20-4-3-18(12)14(19)15-5-11-10(2)21-8-16-11/h7-8,12H,3-6H2,1-2H3,(H,15,19). The highest BCUT2D eigenvalue weighted by molar-refractivity contribution is 7.09. The summed E-state index contributed by atoms with van der Waals surface area (Å²) in [7, 11) is 0. The molecule has 118 valence electrons. The molecular weight excluding hydrogens is 304 g/mol. The maximum atomic E-state index is 12.5. The van der Waals surface area contributed by atoms with Crippen LogP contribution in [0.5, 0.6) is 0 Å². The number of hydrogen-bond acceptors (Lipinski definition) is 6. The van der Waals surface area contributed by atoms with Gasteiger partial charge in [-0.25, -0.2) is 14.8 Å². The highest BCUT2D eigenvalue weighted by atomic mass is 32.1. The second-order valence-corrected chi connectivity index (χ2v) is 6.01. The second kappa shape index (κ2) is 6.45. The van der Waals surface area contributed by atoms with Crippen molar-refractivity contribution in [3.8, 4) is 0 Å². The third-order valence-electron chi connectivity index (χ3n) is 3.56.